The van der Waals surface area contributed by atoms with Crippen molar-refractivity contribution in [3.63, 3.8) is 0 Å². The number of piperidine rings is 1. The molecule has 1 N–H and O–H groups in total. The topological polar surface area (TPSA) is 58.4 Å². The van der Waals surface area contributed by atoms with E-state index in [-0.39, 0.29) is 5.41 Å². The van der Waals surface area contributed by atoms with E-state index < -0.39 is 0 Å². The molecule has 1 aliphatic heterocycles. The summed E-state index contributed by atoms with van der Waals surface area (Å²) in [7, 11) is 0. The summed E-state index contributed by atoms with van der Waals surface area (Å²) < 4.78 is 1.85. The molecule has 1 fully saturated rings. The molecule has 1 saturated heterocycles. The fourth-order valence-electron chi connectivity index (χ4n) is 3.78. The molecule has 1 aromatic carbocycles. The van der Waals surface area contributed by atoms with Crippen molar-refractivity contribution in [1.82, 2.24) is 24.7 Å². The van der Waals surface area contributed by atoms with Gasteiger partial charge in [0.1, 0.15) is 5.82 Å². The second-order valence-corrected chi connectivity index (χ2v) is 8.72. The van der Waals surface area contributed by atoms with E-state index in [1.165, 1.54) is 43.5 Å². The van der Waals surface area contributed by atoms with Gasteiger partial charge in [-0.15, -0.1) is 15.3 Å². The monoisotopic (exact) mass is 378 g/mol. The summed E-state index contributed by atoms with van der Waals surface area (Å²) >= 11 is 0. The molecule has 0 saturated carbocycles. The third-order valence-corrected chi connectivity index (χ3v) is 5.35. The second kappa shape index (κ2) is 7.87. The lowest BCUT2D eigenvalue weighted by molar-refractivity contribution is 0.220. The van der Waals surface area contributed by atoms with Crippen LogP contribution in [0.4, 0.5) is 5.82 Å². The third-order valence-electron chi connectivity index (χ3n) is 5.35. The summed E-state index contributed by atoms with van der Waals surface area (Å²) in [6.07, 6.45) is 4.01. The van der Waals surface area contributed by atoms with Crippen molar-refractivity contribution in [1.29, 1.82) is 0 Å². The molecule has 0 unspecified atom stereocenters. The van der Waals surface area contributed by atoms with Gasteiger partial charge in [-0.05, 0) is 49.2 Å². The Kier molecular flexibility index (Phi) is 5.31. The first-order chi connectivity index (χ1) is 13.5. The van der Waals surface area contributed by atoms with Crippen LogP contribution in [0.25, 0.3) is 5.65 Å². The number of fused-ring (bicyclic) bond motifs is 1. The standard InChI is InChI=1S/C22H30N6/c1-22(2,3)21-25-24-20-12-11-19(26-28(20)21)23-15-17-9-5-6-10-18(17)16-27-13-7-4-8-14-27/h5-6,9-12H,4,7-8,13-16H2,1-3H3,(H,23,26). The van der Waals surface area contributed by atoms with Crippen LogP contribution < -0.4 is 5.32 Å². The van der Waals surface area contributed by atoms with E-state index in [4.69, 9.17) is 5.10 Å². The molecule has 0 spiro atoms. The van der Waals surface area contributed by atoms with Crippen LogP contribution in [-0.4, -0.2) is 37.8 Å². The van der Waals surface area contributed by atoms with Gasteiger partial charge < -0.3 is 5.32 Å². The van der Waals surface area contributed by atoms with Crippen molar-refractivity contribution in [3.8, 4) is 0 Å². The summed E-state index contributed by atoms with van der Waals surface area (Å²) in [6, 6.07) is 12.7. The van der Waals surface area contributed by atoms with Crippen molar-refractivity contribution < 1.29 is 0 Å². The minimum atomic E-state index is -0.105. The van der Waals surface area contributed by atoms with Crippen LogP contribution in [-0.2, 0) is 18.5 Å². The summed E-state index contributed by atoms with van der Waals surface area (Å²) in [5, 5.41) is 16.8. The highest BCUT2D eigenvalue weighted by atomic mass is 15.4. The Balaban J connectivity index is 1.50. The lowest BCUT2D eigenvalue weighted by Gasteiger charge is -2.27. The Morgan fingerprint density at radius 3 is 2.43 bits per heavy atom. The second-order valence-electron chi connectivity index (χ2n) is 8.72. The van der Waals surface area contributed by atoms with E-state index in [1.54, 1.807) is 0 Å². The van der Waals surface area contributed by atoms with Gasteiger partial charge in [0.2, 0.25) is 0 Å². The van der Waals surface area contributed by atoms with E-state index in [2.05, 4.69) is 65.5 Å². The van der Waals surface area contributed by atoms with E-state index >= 15 is 0 Å². The first-order valence-corrected chi connectivity index (χ1v) is 10.3. The van der Waals surface area contributed by atoms with Crippen LogP contribution in [0.2, 0.25) is 0 Å². The van der Waals surface area contributed by atoms with Gasteiger partial charge in [-0.25, -0.2) is 0 Å². The molecule has 2 aromatic heterocycles. The minimum absolute atomic E-state index is 0.105. The number of nitrogens with one attached hydrogen (secondary N) is 1. The van der Waals surface area contributed by atoms with Crippen LogP contribution in [0.5, 0.6) is 0 Å². The third kappa shape index (κ3) is 4.17. The molecule has 1 aliphatic rings. The van der Waals surface area contributed by atoms with E-state index in [1.807, 2.05) is 16.6 Å². The van der Waals surface area contributed by atoms with Crippen LogP contribution in [0.3, 0.4) is 0 Å². The molecular weight excluding hydrogens is 348 g/mol. The fraction of sp³-hybridized carbons (Fsp3) is 0.500. The van der Waals surface area contributed by atoms with Crippen molar-refractivity contribution >= 4 is 11.5 Å². The Labute approximate surface area is 167 Å². The summed E-state index contributed by atoms with van der Waals surface area (Å²) in [6.45, 7) is 10.6. The number of aromatic nitrogens is 4. The molecule has 3 aromatic rings. The molecule has 4 rings (SSSR count). The number of nitrogens with zero attached hydrogens (tertiary/aromatic N) is 5. The highest BCUT2D eigenvalue weighted by molar-refractivity contribution is 5.45. The predicted molar refractivity (Wildman–Crippen MR) is 112 cm³/mol. The van der Waals surface area contributed by atoms with Crippen molar-refractivity contribution in [2.45, 2.75) is 58.5 Å². The number of likely N-dealkylation sites (tertiary alicyclic amines) is 1. The van der Waals surface area contributed by atoms with Crippen molar-refractivity contribution in [3.05, 3.63) is 53.3 Å². The van der Waals surface area contributed by atoms with Crippen LogP contribution in [0.15, 0.2) is 36.4 Å². The van der Waals surface area contributed by atoms with Crippen molar-refractivity contribution in [2.24, 2.45) is 0 Å². The molecular formula is C22H30N6. The zero-order valence-electron chi connectivity index (χ0n) is 17.1. The van der Waals surface area contributed by atoms with Crippen LogP contribution in [0.1, 0.15) is 57.0 Å². The Morgan fingerprint density at radius 1 is 0.929 bits per heavy atom. The maximum absolute atomic E-state index is 4.73. The lowest BCUT2D eigenvalue weighted by atomic mass is 9.96. The Hall–Kier alpha value is -2.47. The van der Waals surface area contributed by atoms with Gasteiger partial charge in [0.25, 0.3) is 0 Å². The zero-order chi connectivity index (χ0) is 19.6. The fourth-order valence-corrected chi connectivity index (χ4v) is 3.78. The van der Waals surface area contributed by atoms with Crippen molar-refractivity contribution in [2.75, 3.05) is 18.4 Å². The number of rotatable bonds is 5. The maximum Gasteiger partial charge on any atom is 0.178 e. The quantitative estimate of drug-likeness (QED) is 0.727. The van der Waals surface area contributed by atoms with Gasteiger partial charge in [0, 0.05) is 18.5 Å². The van der Waals surface area contributed by atoms with Crippen LogP contribution in [0, 0.1) is 0 Å². The molecule has 0 amide bonds. The summed E-state index contributed by atoms with van der Waals surface area (Å²) in [5.41, 5.74) is 3.40. The maximum atomic E-state index is 4.73. The average molecular weight is 379 g/mol. The zero-order valence-corrected chi connectivity index (χ0v) is 17.1. The first-order valence-electron chi connectivity index (χ1n) is 10.3. The molecule has 6 nitrogen and oxygen atoms in total. The molecule has 0 bridgehead atoms. The predicted octanol–water partition coefficient (Wildman–Crippen LogP) is 4.02. The molecule has 6 heteroatoms. The minimum Gasteiger partial charge on any atom is -0.365 e. The van der Waals surface area contributed by atoms with Gasteiger partial charge >= 0.3 is 0 Å². The van der Waals surface area contributed by atoms with E-state index in [0.29, 0.717) is 0 Å². The van der Waals surface area contributed by atoms with Crippen LogP contribution >= 0.6 is 0 Å². The molecule has 3 heterocycles. The molecule has 0 radical (unpaired) electrons. The molecule has 28 heavy (non-hydrogen) atoms. The SMILES string of the molecule is CC(C)(C)c1nnc2ccc(NCc3ccccc3CN3CCCCC3)nn12. The molecule has 0 aliphatic carbocycles. The Morgan fingerprint density at radius 2 is 1.68 bits per heavy atom. The number of hydrogen-bond acceptors (Lipinski definition) is 5. The largest absolute Gasteiger partial charge is 0.365 e. The molecule has 148 valence electrons. The highest BCUT2D eigenvalue weighted by Gasteiger charge is 2.22. The number of hydrogen-bond donors (Lipinski definition) is 1. The first kappa shape index (κ1) is 18.9. The smallest absolute Gasteiger partial charge is 0.178 e. The van der Waals surface area contributed by atoms with Gasteiger partial charge in [0.15, 0.2) is 11.5 Å². The van der Waals surface area contributed by atoms with Gasteiger partial charge in [-0.2, -0.15) is 4.52 Å². The normalized spacial score (nSPS) is 15.8. The van der Waals surface area contributed by atoms with E-state index in [0.717, 1.165) is 30.4 Å². The number of benzene rings is 1. The van der Waals surface area contributed by atoms with Gasteiger partial charge in [-0.3, -0.25) is 4.90 Å². The van der Waals surface area contributed by atoms with E-state index in [9.17, 15) is 0 Å². The lowest BCUT2D eigenvalue weighted by Crippen LogP contribution is -2.29. The summed E-state index contributed by atoms with van der Waals surface area (Å²) in [5.74, 6) is 1.71. The Bertz CT molecular complexity index is 934. The summed E-state index contributed by atoms with van der Waals surface area (Å²) in [4.78, 5) is 2.57. The molecule has 0 atom stereocenters. The highest BCUT2D eigenvalue weighted by Crippen LogP contribution is 2.21. The van der Waals surface area contributed by atoms with Gasteiger partial charge in [0.05, 0.1) is 0 Å². The number of anilines is 1. The van der Waals surface area contributed by atoms with Gasteiger partial charge in [-0.1, -0.05) is 51.5 Å². The average Bonchev–Trinajstić information content (AvgIpc) is 3.12.